The molecule has 0 aromatic rings. The molecule has 2 heterocycles. The zero-order valence-corrected chi connectivity index (χ0v) is 18.4. The Labute approximate surface area is 152 Å². The van der Waals surface area contributed by atoms with Crippen molar-refractivity contribution in [3.8, 4) is 0 Å². The van der Waals surface area contributed by atoms with Crippen LogP contribution in [0.1, 0.15) is 83.1 Å². The first-order valence-electron chi connectivity index (χ1n) is 9.35. The molecule has 24 heavy (non-hydrogen) atoms. The van der Waals surface area contributed by atoms with Crippen molar-refractivity contribution in [1.29, 1.82) is 0 Å². The van der Waals surface area contributed by atoms with Crippen LogP contribution in [0.3, 0.4) is 0 Å². The molecule has 0 bridgehead atoms. The highest BCUT2D eigenvalue weighted by molar-refractivity contribution is 5.18. The summed E-state index contributed by atoms with van der Waals surface area (Å²) in [5, 5.41) is 0. The van der Waals surface area contributed by atoms with Gasteiger partial charge in [0.2, 0.25) is 0 Å². The number of hydrogen-bond acceptors (Lipinski definition) is 2. The van der Waals surface area contributed by atoms with Crippen molar-refractivity contribution in [1.82, 2.24) is 9.80 Å². The van der Waals surface area contributed by atoms with Crippen LogP contribution in [0.5, 0.6) is 0 Å². The standard InChI is InChI=1S/C12H23N.C10H19N/c1-10(2,3)13-9-8-11(4,5)12(13,6)7;1-9(2,3)11-7-6-10(4,5)8-11/h8-9H,1-7H3;6-7H,8H2,1-5H3. The molecule has 2 heteroatoms. The Kier molecular flexibility index (Phi) is 5.38. The molecule has 0 N–H and O–H groups in total. The smallest absolute Gasteiger partial charge is 0.0431 e. The highest BCUT2D eigenvalue weighted by atomic mass is 15.3. The predicted octanol–water partition coefficient (Wildman–Crippen LogP) is 6.06. The van der Waals surface area contributed by atoms with E-state index in [4.69, 9.17) is 0 Å². The SMILES string of the molecule is CC(C)(C)N1C=CC(C)(C)C1(C)C.CC1(C)C=CN(C(C)(C)C)C1. The van der Waals surface area contributed by atoms with Gasteiger partial charge in [-0.1, -0.05) is 39.8 Å². The zero-order valence-electron chi connectivity index (χ0n) is 18.4. The van der Waals surface area contributed by atoms with Gasteiger partial charge in [0.1, 0.15) is 0 Å². The third-order valence-corrected chi connectivity index (χ3v) is 5.69. The van der Waals surface area contributed by atoms with Crippen LogP contribution in [-0.4, -0.2) is 33.0 Å². The molecule has 0 spiro atoms. The van der Waals surface area contributed by atoms with E-state index < -0.39 is 0 Å². The van der Waals surface area contributed by atoms with Crippen LogP contribution < -0.4 is 0 Å². The van der Waals surface area contributed by atoms with E-state index in [2.05, 4.69) is 117 Å². The van der Waals surface area contributed by atoms with E-state index in [0.29, 0.717) is 5.41 Å². The minimum atomic E-state index is 0.214. The molecule has 2 nitrogen and oxygen atoms in total. The molecule has 0 aromatic heterocycles. The van der Waals surface area contributed by atoms with E-state index in [1.54, 1.807) is 0 Å². The fourth-order valence-electron chi connectivity index (χ4n) is 3.32. The van der Waals surface area contributed by atoms with Crippen molar-refractivity contribution in [2.45, 2.75) is 99.7 Å². The second-order valence-corrected chi connectivity index (χ2v) is 11.2. The minimum Gasteiger partial charge on any atom is -0.372 e. The summed E-state index contributed by atoms with van der Waals surface area (Å²) in [6.07, 6.45) is 9.08. The Balaban J connectivity index is 0.000000243. The summed E-state index contributed by atoms with van der Waals surface area (Å²) >= 11 is 0. The van der Waals surface area contributed by atoms with Crippen LogP contribution >= 0.6 is 0 Å². The maximum absolute atomic E-state index is 2.46. The van der Waals surface area contributed by atoms with E-state index >= 15 is 0 Å². The third kappa shape index (κ3) is 4.58. The molecule has 0 saturated heterocycles. The van der Waals surface area contributed by atoms with Crippen molar-refractivity contribution in [2.75, 3.05) is 6.54 Å². The van der Waals surface area contributed by atoms with Crippen molar-refractivity contribution in [3.63, 3.8) is 0 Å². The van der Waals surface area contributed by atoms with Crippen LogP contribution in [0.25, 0.3) is 0 Å². The Morgan fingerprint density at radius 3 is 1.38 bits per heavy atom. The second-order valence-electron chi connectivity index (χ2n) is 11.2. The molecule has 0 radical (unpaired) electrons. The predicted molar refractivity (Wildman–Crippen MR) is 108 cm³/mol. The molecule has 0 aliphatic carbocycles. The Morgan fingerprint density at radius 2 is 1.21 bits per heavy atom. The molecule has 2 aliphatic rings. The maximum Gasteiger partial charge on any atom is 0.0431 e. The first-order valence-corrected chi connectivity index (χ1v) is 9.35. The summed E-state index contributed by atoms with van der Waals surface area (Å²) in [5.41, 5.74) is 1.34. The summed E-state index contributed by atoms with van der Waals surface area (Å²) in [5.74, 6) is 0. The lowest BCUT2D eigenvalue weighted by molar-refractivity contribution is 0.0388. The van der Waals surface area contributed by atoms with E-state index in [1.807, 2.05) is 0 Å². The molecule has 140 valence electrons. The van der Waals surface area contributed by atoms with Gasteiger partial charge in [0.05, 0.1) is 0 Å². The number of nitrogens with zero attached hydrogens (tertiary/aromatic N) is 2. The summed E-state index contributed by atoms with van der Waals surface area (Å²) in [6, 6.07) is 0. The van der Waals surface area contributed by atoms with Gasteiger partial charge in [-0.05, 0) is 67.8 Å². The average Bonchev–Trinajstić information content (AvgIpc) is 2.76. The minimum absolute atomic E-state index is 0.214. The molecular weight excluding hydrogens is 292 g/mol. The largest absolute Gasteiger partial charge is 0.372 e. The molecule has 0 fully saturated rings. The van der Waals surface area contributed by atoms with Gasteiger partial charge in [-0.3, -0.25) is 0 Å². The molecule has 2 rings (SSSR count). The lowest BCUT2D eigenvalue weighted by atomic mass is 9.75. The first kappa shape index (κ1) is 21.1. The van der Waals surface area contributed by atoms with E-state index in [1.165, 1.54) is 0 Å². The van der Waals surface area contributed by atoms with Gasteiger partial charge >= 0.3 is 0 Å². The van der Waals surface area contributed by atoms with Gasteiger partial charge in [-0.25, -0.2) is 0 Å². The lowest BCUT2D eigenvalue weighted by Crippen LogP contribution is -2.54. The fraction of sp³-hybridized carbons (Fsp3) is 0.818. The highest BCUT2D eigenvalue weighted by Crippen LogP contribution is 2.45. The Bertz CT molecular complexity index is 493. The van der Waals surface area contributed by atoms with Crippen molar-refractivity contribution in [3.05, 3.63) is 24.6 Å². The second kappa shape index (κ2) is 6.11. The van der Waals surface area contributed by atoms with Gasteiger partial charge in [-0.2, -0.15) is 0 Å². The van der Waals surface area contributed by atoms with E-state index in [0.717, 1.165) is 6.54 Å². The van der Waals surface area contributed by atoms with Gasteiger partial charge in [0.15, 0.2) is 0 Å². The fourth-order valence-corrected chi connectivity index (χ4v) is 3.32. The van der Waals surface area contributed by atoms with Crippen molar-refractivity contribution in [2.24, 2.45) is 10.8 Å². The average molecular weight is 335 g/mol. The van der Waals surface area contributed by atoms with Crippen LogP contribution in [-0.2, 0) is 0 Å². The molecule has 0 saturated carbocycles. The summed E-state index contributed by atoms with van der Waals surface area (Å²) in [4.78, 5) is 4.85. The van der Waals surface area contributed by atoms with Crippen LogP contribution in [0.15, 0.2) is 24.6 Å². The first-order chi connectivity index (χ1) is 10.4. The number of rotatable bonds is 0. The van der Waals surface area contributed by atoms with Crippen molar-refractivity contribution < 1.29 is 0 Å². The van der Waals surface area contributed by atoms with Crippen LogP contribution in [0, 0.1) is 10.8 Å². The summed E-state index contributed by atoms with van der Waals surface area (Å²) in [7, 11) is 0. The van der Waals surface area contributed by atoms with Crippen LogP contribution in [0.2, 0.25) is 0 Å². The molecule has 2 aliphatic heterocycles. The van der Waals surface area contributed by atoms with Gasteiger partial charge in [-0.15, -0.1) is 0 Å². The molecule has 0 aromatic carbocycles. The molecule has 0 atom stereocenters. The highest BCUT2D eigenvalue weighted by Gasteiger charge is 2.46. The van der Waals surface area contributed by atoms with Gasteiger partial charge < -0.3 is 9.80 Å². The van der Waals surface area contributed by atoms with E-state index in [9.17, 15) is 0 Å². The summed E-state index contributed by atoms with van der Waals surface area (Å²) in [6.45, 7) is 28.5. The Hall–Kier alpha value is -0.920. The molecular formula is C22H42N2. The third-order valence-electron chi connectivity index (χ3n) is 5.69. The van der Waals surface area contributed by atoms with Crippen LogP contribution in [0.4, 0.5) is 0 Å². The van der Waals surface area contributed by atoms with Gasteiger partial charge in [0, 0.05) is 34.0 Å². The lowest BCUT2D eigenvalue weighted by Gasteiger charge is -2.49. The topological polar surface area (TPSA) is 6.48 Å². The monoisotopic (exact) mass is 334 g/mol. The van der Waals surface area contributed by atoms with Crippen molar-refractivity contribution >= 4 is 0 Å². The van der Waals surface area contributed by atoms with E-state index in [-0.39, 0.29) is 22.0 Å². The van der Waals surface area contributed by atoms with Gasteiger partial charge in [0.25, 0.3) is 0 Å². The zero-order chi connectivity index (χ0) is 19.2. The summed E-state index contributed by atoms with van der Waals surface area (Å²) < 4.78 is 0. The Morgan fingerprint density at radius 1 is 0.708 bits per heavy atom. The number of hydrogen-bond donors (Lipinski definition) is 0. The molecule has 0 amide bonds. The maximum atomic E-state index is 2.46. The normalized spacial score (nSPS) is 24.2. The molecule has 0 unspecified atom stereocenters. The quantitative estimate of drug-likeness (QED) is 0.531.